The van der Waals surface area contributed by atoms with E-state index in [4.69, 9.17) is 0 Å². The summed E-state index contributed by atoms with van der Waals surface area (Å²) in [6.45, 7) is 2.21. The van der Waals surface area contributed by atoms with Gasteiger partial charge in [0.15, 0.2) is 0 Å². The first-order chi connectivity index (χ1) is 9.13. The first kappa shape index (κ1) is 12.1. The highest BCUT2D eigenvalue weighted by atomic mass is 32.1. The number of carbonyl (C=O) groups excluding carboxylic acids is 2. The van der Waals surface area contributed by atoms with Crippen LogP contribution in [0.4, 0.5) is 0 Å². The molecule has 0 aliphatic carbocycles. The number of benzene rings is 1. The van der Waals surface area contributed by atoms with Gasteiger partial charge in [0.2, 0.25) is 11.8 Å². The normalized spacial score (nSPS) is 19.8. The summed E-state index contributed by atoms with van der Waals surface area (Å²) in [5.74, 6) is -0.174. The van der Waals surface area contributed by atoms with Gasteiger partial charge in [-0.2, -0.15) is 0 Å². The largest absolute Gasteiger partial charge is 0.343 e. The molecule has 2 amide bonds. The lowest BCUT2D eigenvalue weighted by molar-refractivity contribution is -0.144. The van der Waals surface area contributed by atoms with Crippen molar-refractivity contribution in [3.8, 4) is 0 Å². The van der Waals surface area contributed by atoms with E-state index in [1.807, 2.05) is 24.3 Å². The van der Waals surface area contributed by atoms with Crippen LogP contribution >= 0.6 is 11.3 Å². The van der Waals surface area contributed by atoms with E-state index in [1.165, 1.54) is 0 Å². The molecular weight excluding hydrogens is 262 g/mol. The van der Waals surface area contributed by atoms with Crippen molar-refractivity contribution in [2.75, 3.05) is 6.54 Å². The van der Waals surface area contributed by atoms with Gasteiger partial charge in [-0.05, 0) is 19.1 Å². The molecule has 0 spiro atoms. The molecule has 1 aromatic heterocycles. The fraction of sp³-hybridized carbons (Fsp3) is 0.308. The molecule has 6 heteroatoms. The molecule has 0 radical (unpaired) electrons. The second-order valence-electron chi connectivity index (χ2n) is 4.56. The van der Waals surface area contributed by atoms with Gasteiger partial charge in [-0.3, -0.25) is 9.59 Å². The molecule has 5 nitrogen and oxygen atoms in total. The standard InChI is InChI=1S/C13H13N3O2S/c1-8-13(18)16(6-11(17)14-8)7-12-15-9-4-2-3-5-10(9)19-12/h2-5,8H,6-7H2,1H3,(H,14,17). The Labute approximate surface area is 114 Å². The van der Waals surface area contributed by atoms with Crippen LogP contribution in [0, 0.1) is 0 Å². The van der Waals surface area contributed by atoms with Crippen molar-refractivity contribution in [1.29, 1.82) is 0 Å². The summed E-state index contributed by atoms with van der Waals surface area (Å²) in [6, 6.07) is 7.40. The molecule has 1 atom stereocenters. The van der Waals surface area contributed by atoms with Crippen LogP contribution in [0.2, 0.25) is 0 Å². The van der Waals surface area contributed by atoms with Crippen molar-refractivity contribution in [2.24, 2.45) is 0 Å². The quantitative estimate of drug-likeness (QED) is 0.894. The number of piperazine rings is 1. The number of rotatable bonds is 2. The molecule has 3 rings (SSSR count). The summed E-state index contributed by atoms with van der Waals surface area (Å²) < 4.78 is 1.10. The Morgan fingerprint density at radius 2 is 2.21 bits per heavy atom. The van der Waals surface area contributed by atoms with Gasteiger partial charge in [-0.25, -0.2) is 4.98 Å². The van der Waals surface area contributed by atoms with E-state index < -0.39 is 6.04 Å². The summed E-state index contributed by atoms with van der Waals surface area (Å²) in [5.41, 5.74) is 0.935. The Kier molecular flexibility index (Phi) is 2.94. The first-order valence-corrected chi connectivity index (χ1v) is 6.88. The molecular formula is C13H13N3O2S. The van der Waals surface area contributed by atoms with Crippen LogP contribution in [0.1, 0.15) is 11.9 Å². The van der Waals surface area contributed by atoms with E-state index >= 15 is 0 Å². The Bertz CT molecular complexity index is 619. The number of para-hydroxylation sites is 1. The zero-order valence-corrected chi connectivity index (χ0v) is 11.2. The van der Waals surface area contributed by atoms with E-state index in [2.05, 4.69) is 10.3 Å². The smallest absolute Gasteiger partial charge is 0.245 e. The SMILES string of the molecule is CC1NC(=O)CN(Cc2nc3ccccc3s2)C1=O. The number of thiazole rings is 1. The van der Waals surface area contributed by atoms with Gasteiger partial charge in [-0.1, -0.05) is 12.1 Å². The summed E-state index contributed by atoms with van der Waals surface area (Å²) >= 11 is 1.56. The predicted molar refractivity (Wildman–Crippen MR) is 72.6 cm³/mol. The predicted octanol–water partition coefficient (Wildman–Crippen LogP) is 1.14. The lowest BCUT2D eigenvalue weighted by atomic mass is 10.2. The number of nitrogens with zero attached hydrogens (tertiary/aromatic N) is 2. The van der Waals surface area contributed by atoms with Crippen LogP contribution in [0.5, 0.6) is 0 Å². The summed E-state index contributed by atoms with van der Waals surface area (Å²) in [4.78, 5) is 29.5. The van der Waals surface area contributed by atoms with Crippen molar-refractivity contribution in [2.45, 2.75) is 19.5 Å². The molecule has 1 aromatic carbocycles. The Hall–Kier alpha value is -1.95. The number of hydrogen-bond acceptors (Lipinski definition) is 4. The van der Waals surface area contributed by atoms with Crippen LogP contribution in [0.3, 0.4) is 0 Å². The van der Waals surface area contributed by atoms with E-state index in [9.17, 15) is 9.59 Å². The fourth-order valence-electron chi connectivity index (χ4n) is 2.16. The van der Waals surface area contributed by atoms with Gasteiger partial charge in [0, 0.05) is 0 Å². The van der Waals surface area contributed by atoms with Gasteiger partial charge in [0.1, 0.15) is 17.6 Å². The number of nitrogens with one attached hydrogen (secondary N) is 1. The molecule has 2 aromatic rings. The zero-order chi connectivity index (χ0) is 13.4. The van der Waals surface area contributed by atoms with Crippen LogP contribution in [-0.4, -0.2) is 34.3 Å². The van der Waals surface area contributed by atoms with Crippen molar-refractivity contribution < 1.29 is 9.59 Å². The lowest BCUT2D eigenvalue weighted by Gasteiger charge is -2.30. The van der Waals surface area contributed by atoms with E-state index in [-0.39, 0.29) is 18.4 Å². The Balaban J connectivity index is 1.83. The topological polar surface area (TPSA) is 62.3 Å². The number of carbonyl (C=O) groups is 2. The fourth-order valence-corrected chi connectivity index (χ4v) is 3.14. The number of hydrogen-bond donors (Lipinski definition) is 1. The molecule has 0 saturated carbocycles. The second kappa shape index (κ2) is 4.62. The average Bonchev–Trinajstić information content (AvgIpc) is 2.77. The van der Waals surface area contributed by atoms with Crippen molar-refractivity contribution in [1.82, 2.24) is 15.2 Å². The highest BCUT2D eigenvalue weighted by molar-refractivity contribution is 7.18. The zero-order valence-electron chi connectivity index (χ0n) is 10.4. The number of aromatic nitrogens is 1. The molecule has 1 N–H and O–H groups in total. The minimum absolute atomic E-state index is 0.0566. The number of amides is 2. The van der Waals surface area contributed by atoms with E-state index in [0.717, 1.165) is 15.2 Å². The Morgan fingerprint density at radius 3 is 3.00 bits per heavy atom. The van der Waals surface area contributed by atoms with E-state index in [1.54, 1.807) is 23.2 Å². The van der Waals surface area contributed by atoms with Crippen molar-refractivity contribution in [3.05, 3.63) is 29.3 Å². The second-order valence-corrected chi connectivity index (χ2v) is 5.67. The minimum Gasteiger partial charge on any atom is -0.343 e. The maximum absolute atomic E-state index is 12.0. The lowest BCUT2D eigenvalue weighted by Crippen LogP contribution is -2.56. The minimum atomic E-state index is -0.448. The monoisotopic (exact) mass is 275 g/mol. The third-order valence-corrected chi connectivity index (χ3v) is 4.08. The highest BCUT2D eigenvalue weighted by Crippen LogP contribution is 2.23. The van der Waals surface area contributed by atoms with Crippen LogP contribution in [0.25, 0.3) is 10.2 Å². The molecule has 0 bridgehead atoms. The van der Waals surface area contributed by atoms with Crippen LogP contribution in [0.15, 0.2) is 24.3 Å². The summed E-state index contributed by atoms with van der Waals surface area (Å²) in [7, 11) is 0. The van der Waals surface area contributed by atoms with Crippen molar-refractivity contribution >= 4 is 33.4 Å². The molecule has 1 aliphatic heterocycles. The molecule has 1 saturated heterocycles. The van der Waals surface area contributed by atoms with Gasteiger partial charge < -0.3 is 10.2 Å². The van der Waals surface area contributed by atoms with Crippen LogP contribution < -0.4 is 5.32 Å². The van der Waals surface area contributed by atoms with Gasteiger partial charge in [0.25, 0.3) is 0 Å². The third-order valence-electron chi connectivity index (χ3n) is 3.06. The van der Waals surface area contributed by atoms with Crippen molar-refractivity contribution in [3.63, 3.8) is 0 Å². The molecule has 1 fully saturated rings. The first-order valence-electron chi connectivity index (χ1n) is 6.06. The molecule has 1 aliphatic rings. The molecule has 2 heterocycles. The Morgan fingerprint density at radius 1 is 1.42 bits per heavy atom. The van der Waals surface area contributed by atoms with E-state index in [0.29, 0.717) is 6.54 Å². The molecule has 1 unspecified atom stereocenters. The summed E-state index contributed by atoms with van der Waals surface area (Å²) in [5, 5.41) is 3.48. The maximum atomic E-state index is 12.0. The highest BCUT2D eigenvalue weighted by Gasteiger charge is 2.29. The maximum Gasteiger partial charge on any atom is 0.245 e. The third kappa shape index (κ3) is 2.31. The van der Waals surface area contributed by atoms with Gasteiger partial charge in [0.05, 0.1) is 16.8 Å². The summed E-state index contributed by atoms with van der Waals surface area (Å²) in [6.07, 6.45) is 0. The average molecular weight is 275 g/mol. The van der Waals surface area contributed by atoms with Crippen LogP contribution in [-0.2, 0) is 16.1 Å². The van der Waals surface area contributed by atoms with Gasteiger partial charge in [-0.15, -0.1) is 11.3 Å². The van der Waals surface area contributed by atoms with Gasteiger partial charge >= 0.3 is 0 Å². The number of fused-ring (bicyclic) bond motifs is 1. The molecule has 98 valence electrons. The molecule has 19 heavy (non-hydrogen) atoms.